The summed E-state index contributed by atoms with van der Waals surface area (Å²) < 4.78 is 89.7. The van der Waals surface area contributed by atoms with Crippen LogP contribution in [-0.4, -0.2) is 271 Å². The van der Waals surface area contributed by atoms with Crippen molar-refractivity contribution in [3.63, 3.8) is 0 Å². The molecule has 0 aliphatic carbocycles. The van der Waals surface area contributed by atoms with Gasteiger partial charge in [0.05, 0.1) is 107 Å². The normalized spacial score (nSPS) is 45.9. The fraction of sp³-hybridized carbons (Fsp3) is 0.900. The summed E-state index contributed by atoms with van der Waals surface area (Å²) >= 11 is 20.6. The summed E-state index contributed by atoms with van der Waals surface area (Å²) in [7, 11) is 6.82. The molecular weight excluding hydrogens is 1510 g/mol. The van der Waals surface area contributed by atoms with Crippen LogP contribution in [0, 0.1) is 47.3 Å². The van der Waals surface area contributed by atoms with Crippen LogP contribution >= 0.6 is 46.4 Å². The Kier molecular flexibility index (Phi) is 34.0. The first kappa shape index (κ1) is 95.6. The predicted octanol–water partition coefficient (Wildman–Crippen LogP) is 9.11. The minimum absolute atomic E-state index is 0.0575. The molecule has 8 heterocycles. The molecular formula is C80H136Cl4N2O24. The molecule has 8 fully saturated rings. The number of aliphatic hydroxyl groups excluding tert-OH is 6. The lowest BCUT2D eigenvalue weighted by atomic mass is 9.76. The smallest absolute Gasteiger partial charge is 0.311 e. The van der Waals surface area contributed by atoms with E-state index in [9.17, 15) is 50.4 Å². The number of cyclic esters (lactones) is 2. The third-order valence-corrected chi connectivity index (χ3v) is 26.0. The number of halogens is 4. The Bertz CT molecular complexity index is 3050. The highest BCUT2D eigenvalue weighted by atomic mass is 35.6. The molecule has 4 bridgehead atoms. The summed E-state index contributed by atoms with van der Waals surface area (Å²) in [6.07, 6.45) is -15.3. The van der Waals surface area contributed by atoms with Crippen LogP contribution < -0.4 is 5.32 Å². The number of carbonyl (C=O) groups is 2. The highest BCUT2D eigenvalue weighted by Gasteiger charge is 2.62. The maximum atomic E-state index is 14.4. The lowest BCUT2D eigenvalue weighted by molar-refractivity contribution is -0.318. The molecule has 1 aromatic rings. The molecule has 9 rings (SSSR count). The van der Waals surface area contributed by atoms with E-state index < -0.39 is 208 Å². The Morgan fingerprint density at radius 3 is 1.32 bits per heavy atom. The molecule has 8 saturated heterocycles. The van der Waals surface area contributed by atoms with Crippen molar-refractivity contribution in [2.24, 2.45) is 47.3 Å². The van der Waals surface area contributed by atoms with Crippen molar-refractivity contribution < 1.29 is 117 Å². The standard InChI is InChI=1S/C43H70ClNO12.C36H65NO12.CHCl3/c1-13-31(46)43(10,50)38-24(4)34-22(2)19-42(9,57-34)37(56-40-33(47)30(18-23(3)52-40)45(11)21-28-14-16-29(44)17-15-28)25(5)35(26(6)39(49)55-38)54-32-20-41(8,51-12)36(48)27(7)53-32;1-13-24(38)36(10,42)31-19(4)27-17(2)15-35(9,49-27)30(48-33-26(39)23(37-11)14-18(3)44-33)20(5)28(21(6)32(41)47-31)46-25-16-34(8,43-12)29(40)22(7)45-25;2-1(3)4/h14-17,22-27,30-38,40,46-48,50H,13,18-21H2,1-12H3;17-31,33,37-40,42H,13-16H2,1-12H3;1H/t22?,23?,24-,25-,26+,27?,30?,31+,32-,33?,34?,35-,36-,37-,38+,40-,41?,42+,43+;17?,18?,19-,20-,21+,22?,23?,24+,25-,26?,27?,28-,29-,30+,31+,33-,34?,35+,36+;/m00./s1. The first-order valence-corrected chi connectivity index (χ1v) is 41.4. The van der Waals surface area contributed by atoms with Crippen molar-refractivity contribution in [2.75, 3.05) is 28.3 Å². The summed E-state index contributed by atoms with van der Waals surface area (Å²) in [5, 5.41) is 94.8. The SMILES string of the molecule is CC[C@@H](O)[C@@](C)(O)[C@@H]1OC(=O)[C@H](C)[C@@H](O[C@H]2CC(C)(OC)[C@@H](O)C(C)O2)[C@H](C)[C@@H](O[C@@H]2OC(C)CC(NC)C2O)[C@@]2(C)CC(C)C(O2)[C@@H]1C.CC[C@@H](O)[C@@](C)(O)[C@@H]1OC(=O)[C@H](C)[C@@H](O[C@H]2CC(C)(OC)[C@@H](O)C(C)O2)[C@H](C)[C@H](O[C@@H]2OC(C)CC(N(C)Cc3ccc(Cl)cc3)C2O)[C@@]2(C)CC(C)C(O2)[C@@H]1C.ClC(Cl)Cl. The van der Waals surface area contributed by atoms with Crippen LogP contribution in [0.5, 0.6) is 0 Å². The van der Waals surface area contributed by atoms with Gasteiger partial charge in [-0.25, -0.2) is 0 Å². The molecule has 0 spiro atoms. The van der Waals surface area contributed by atoms with Gasteiger partial charge < -0.3 is 112 Å². The van der Waals surface area contributed by atoms with Crippen LogP contribution in [0.4, 0.5) is 0 Å². The van der Waals surface area contributed by atoms with E-state index in [4.69, 9.17) is 113 Å². The van der Waals surface area contributed by atoms with E-state index in [1.165, 1.54) is 28.1 Å². The molecule has 8 aliphatic rings. The van der Waals surface area contributed by atoms with Crippen molar-refractivity contribution in [2.45, 2.75) is 381 Å². The molecule has 14 unspecified atom stereocenters. The van der Waals surface area contributed by atoms with Crippen LogP contribution in [0.1, 0.15) is 195 Å². The number of aliphatic hydroxyl groups is 8. The number of hydrogen-bond acceptors (Lipinski definition) is 26. The van der Waals surface area contributed by atoms with Gasteiger partial charge in [0.15, 0.2) is 29.5 Å². The van der Waals surface area contributed by atoms with Crippen LogP contribution in [0.25, 0.3) is 0 Å². The second-order valence-corrected chi connectivity index (χ2v) is 37.1. The van der Waals surface area contributed by atoms with Crippen molar-refractivity contribution in [1.82, 2.24) is 10.2 Å². The molecule has 26 nitrogen and oxygen atoms in total. The molecule has 8 aliphatic heterocycles. The maximum absolute atomic E-state index is 14.4. The summed E-state index contributed by atoms with van der Waals surface area (Å²) in [6, 6.07) is 7.05. The number of methoxy groups -OCH3 is 2. The number of nitrogens with one attached hydrogen (secondary N) is 1. The summed E-state index contributed by atoms with van der Waals surface area (Å²) in [4.78, 5) is 30.8. The summed E-state index contributed by atoms with van der Waals surface area (Å²) in [5.74, 6) is -5.48. The quantitative estimate of drug-likeness (QED) is 0.0434. The molecule has 38 atom stereocenters. The van der Waals surface area contributed by atoms with Crippen LogP contribution in [-0.2, 0) is 82.4 Å². The number of esters is 2. The van der Waals surface area contributed by atoms with Gasteiger partial charge in [-0.15, -0.1) is 0 Å². The third kappa shape index (κ3) is 21.5. The van der Waals surface area contributed by atoms with E-state index in [0.717, 1.165) is 5.56 Å². The van der Waals surface area contributed by atoms with Crippen molar-refractivity contribution in [3.8, 4) is 0 Å². The Morgan fingerprint density at radius 2 is 0.955 bits per heavy atom. The molecule has 0 radical (unpaired) electrons. The van der Waals surface area contributed by atoms with Crippen molar-refractivity contribution in [3.05, 3.63) is 34.9 Å². The predicted molar refractivity (Wildman–Crippen MR) is 414 cm³/mol. The fourth-order valence-corrected chi connectivity index (χ4v) is 19.2. The molecule has 110 heavy (non-hydrogen) atoms. The van der Waals surface area contributed by atoms with E-state index in [1.807, 2.05) is 86.7 Å². The second-order valence-electron chi connectivity index (χ2n) is 34.7. The lowest BCUT2D eigenvalue weighted by Gasteiger charge is -2.48. The van der Waals surface area contributed by atoms with E-state index in [1.54, 1.807) is 62.4 Å². The summed E-state index contributed by atoms with van der Waals surface area (Å²) in [6.45, 7) is 37.1. The topological polar surface area (TPSA) is 340 Å². The molecule has 0 aromatic heterocycles. The van der Waals surface area contributed by atoms with E-state index in [0.29, 0.717) is 37.3 Å². The molecule has 0 amide bonds. The van der Waals surface area contributed by atoms with Gasteiger partial charge in [-0.1, -0.05) is 114 Å². The highest BCUT2D eigenvalue weighted by Crippen LogP contribution is 2.52. The monoisotopic (exact) mass is 1650 g/mol. The van der Waals surface area contributed by atoms with Gasteiger partial charge in [-0.2, -0.15) is 0 Å². The number of ether oxygens (including phenoxy) is 14. The highest BCUT2D eigenvalue weighted by molar-refractivity contribution is 6.63. The summed E-state index contributed by atoms with van der Waals surface area (Å²) in [5.41, 5.74) is -6.48. The van der Waals surface area contributed by atoms with Gasteiger partial charge in [0.1, 0.15) is 47.8 Å². The molecule has 9 N–H and O–H groups in total. The number of alkyl halides is 3. The first-order valence-electron chi connectivity index (χ1n) is 39.7. The van der Waals surface area contributed by atoms with Crippen molar-refractivity contribution >= 4 is 58.3 Å². The largest absolute Gasteiger partial charge is 0.459 e. The van der Waals surface area contributed by atoms with Gasteiger partial charge >= 0.3 is 11.9 Å². The Morgan fingerprint density at radius 1 is 0.582 bits per heavy atom. The molecule has 30 heteroatoms. The minimum atomic E-state index is -1.81. The number of benzene rings is 1. The maximum Gasteiger partial charge on any atom is 0.311 e. The van der Waals surface area contributed by atoms with Crippen LogP contribution in [0.3, 0.4) is 0 Å². The number of rotatable bonds is 20. The Balaban J connectivity index is 0.000000295. The van der Waals surface area contributed by atoms with Gasteiger partial charge in [0.25, 0.3) is 0 Å². The van der Waals surface area contributed by atoms with E-state index in [-0.39, 0.29) is 61.8 Å². The number of nitrogens with zero attached hydrogens (tertiary/aromatic N) is 1. The fourth-order valence-electron chi connectivity index (χ4n) is 19.1. The number of hydrogen-bond donors (Lipinski definition) is 9. The number of likely N-dealkylation sites (N-methyl/N-ethyl adjacent to an activating group) is 2. The minimum Gasteiger partial charge on any atom is -0.459 e. The van der Waals surface area contributed by atoms with Gasteiger partial charge in [0.2, 0.25) is 0 Å². The van der Waals surface area contributed by atoms with Gasteiger partial charge in [-0.05, 0) is 165 Å². The third-order valence-electron chi connectivity index (χ3n) is 25.7. The average Bonchev–Trinajstić information content (AvgIpc) is 1.59. The van der Waals surface area contributed by atoms with E-state index >= 15 is 0 Å². The average molecular weight is 1650 g/mol. The molecule has 1 aromatic carbocycles. The number of carbonyl (C=O) groups excluding carboxylic acids is 2. The first-order chi connectivity index (χ1) is 51.0. The van der Waals surface area contributed by atoms with Crippen molar-refractivity contribution in [1.29, 1.82) is 0 Å². The van der Waals surface area contributed by atoms with E-state index in [2.05, 4.69) is 24.1 Å². The Hall–Kier alpha value is -1.56. The van der Waals surface area contributed by atoms with Gasteiger partial charge in [-0.3, -0.25) is 14.5 Å². The zero-order valence-electron chi connectivity index (χ0n) is 69.3. The molecule has 0 saturated carbocycles. The van der Waals surface area contributed by atoms with Gasteiger partial charge in [0, 0.05) is 74.4 Å². The number of fused-ring (bicyclic) bond motifs is 4. The second kappa shape index (κ2) is 39.1. The molecule has 638 valence electrons. The Labute approximate surface area is 673 Å². The lowest BCUT2D eigenvalue weighted by Crippen LogP contribution is -2.60. The zero-order chi connectivity index (χ0) is 82.7. The van der Waals surface area contributed by atoms with Crippen LogP contribution in [0.15, 0.2) is 24.3 Å². The van der Waals surface area contributed by atoms with Crippen LogP contribution in [0.2, 0.25) is 5.02 Å². The zero-order valence-corrected chi connectivity index (χ0v) is 72.3.